The number of para-hydroxylation sites is 1. The Morgan fingerprint density at radius 1 is 1.04 bits per heavy atom. The maximum absolute atomic E-state index is 10.3. The number of aryl methyl sites for hydroxylation is 1. The van der Waals surface area contributed by atoms with Crippen molar-refractivity contribution in [2.75, 3.05) is 11.9 Å². The van der Waals surface area contributed by atoms with E-state index in [1.807, 2.05) is 61.6 Å². The van der Waals surface area contributed by atoms with Crippen molar-refractivity contribution in [3.05, 3.63) is 72.6 Å². The van der Waals surface area contributed by atoms with Gasteiger partial charge in [0.05, 0.1) is 23.5 Å². The van der Waals surface area contributed by atoms with E-state index >= 15 is 0 Å². The van der Waals surface area contributed by atoms with E-state index in [0.29, 0.717) is 12.5 Å². The quantitative estimate of drug-likeness (QED) is 0.581. The van der Waals surface area contributed by atoms with Gasteiger partial charge in [-0.25, -0.2) is 9.97 Å². The fourth-order valence-corrected chi connectivity index (χ4v) is 2.89. The summed E-state index contributed by atoms with van der Waals surface area (Å²) in [6.07, 6.45) is 2.77. The number of anilines is 1. The van der Waals surface area contributed by atoms with Crippen LogP contribution < -0.4 is 5.32 Å². The second-order valence-corrected chi connectivity index (χ2v) is 6.12. The average molecular weight is 345 g/mol. The predicted octanol–water partition coefficient (Wildman–Crippen LogP) is 3.18. The third-order valence-corrected chi connectivity index (χ3v) is 4.21. The maximum atomic E-state index is 10.3. The van der Waals surface area contributed by atoms with Crippen molar-refractivity contribution in [1.29, 1.82) is 0 Å². The normalized spacial score (nSPS) is 12.2. The van der Waals surface area contributed by atoms with Gasteiger partial charge in [-0.3, -0.25) is 4.68 Å². The summed E-state index contributed by atoms with van der Waals surface area (Å²) >= 11 is 0. The molecule has 0 bridgehead atoms. The van der Waals surface area contributed by atoms with Crippen LogP contribution in [0.1, 0.15) is 11.7 Å². The van der Waals surface area contributed by atoms with Crippen molar-refractivity contribution in [1.82, 2.24) is 19.7 Å². The number of hydrogen-bond donors (Lipinski definition) is 2. The molecule has 2 aromatic carbocycles. The van der Waals surface area contributed by atoms with E-state index in [-0.39, 0.29) is 0 Å². The number of aliphatic hydroxyl groups is 1. The molecule has 4 rings (SSSR count). The third-order valence-electron chi connectivity index (χ3n) is 4.21. The van der Waals surface area contributed by atoms with Crippen LogP contribution >= 0.6 is 0 Å². The van der Waals surface area contributed by atoms with Gasteiger partial charge in [0.1, 0.15) is 0 Å². The number of fused-ring (bicyclic) bond motifs is 1. The number of rotatable bonds is 5. The van der Waals surface area contributed by atoms with Crippen LogP contribution in [0.5, 0.6) is 0 Å². The van der Waals surface area contributed by atoms with Crippen LogP contribution in [-0.2, 0) is 7.05 Å². The number of aromatic nitrogens is 4. The first-order valence-electron chi connectivity index (χ1n) is 8.43. The SMILES string of the molecule is Cn1cc(C(O)CNc2nc(-c3ccccc3)c3ccccc3n2)cn1. The van der Waals surface area contributed by atoms with E-state index < -0.39 is 6.10 Å². The Balaban J connectivity index is 1.65. The molecule has 1 unspecified atom stereocenters. The number of nitrogens with zero attached hydrogens (tertiary/aromatic N) is 4. The van der Waals surface area contributed by atoms with Gasteiger partial charge in [0.25, 0.3) is 0 Å². The molecule has 0 fully saturated rings. The topological polar surface area (TPSA) is 75.9 Å². The molecule has 6 nitrogen and oxygen atoms in total. The molecule has 26 heavy (non-hydrogen) atoms. The summed E-state index contributed by atoms with van der Waals surface area (Å²) in [7, 11) is 1.82. The molecule has 4 aromatic rings. The lowest BCUT2D eigenvalue weighted by Gasteiger charge is -2.12. The highest BCUT2D eigenvalue weighted by atomic mass is 16.3. The first-order chi connectivity index (χ1) is 12.7. The molecule has 6 heteroatoms. The van der Waals surface area contributed by atoms with Crippen LogP contribution in [0.25, 0.3) is 22.2 Å². The highest BCUT2D eigenvalue weighted by molar-refractivity contribution is 5.93. The molecule has 0 amide bonds. The van der Waals surface area contributed by atoms with E-state index in [1.54, 1.807) is 17.1 Å². The fourth-order valence-electron chi connectivity index (χ4n) is 2.89. The highest BCUT2D eigenvalue weighted by Crippen LogP contribution is 2.27. The minimum Gasteiger partial charge on any atom is -0.386 e. The van der Waals surface area contributed by atoms with Crippen molar-refractivity contribution in [3.8, 4) is 11.3 Å². The maximum Gasteiger partial charge on any atom is 0.223 e. The lowest BCUT2D eigenvalue weighted by Crippen LogP contribution is -2.14. The number of aliphatic hydroxyl groups excluding tert-OH is 1. The Labute approximate surface area is 151 Å². The van der Waals surface area contributed by atoms with Gasteiger partial charge < -0.3 is 10.4 Å². The van der Waals surface area contributed by atoms with Gasteiger partial charge in [0.2, 0.25) is 5.95 Å². The second-order valence-electron chi connectivity index (χ2n) is 6.12. The van der Waals surface area contributed by atoms with Gasteiger partial charge in [-0.05, 0) is 6.07 Å². The Morgan fingerprint density at radius 3 is 2.58 bits per heavy atom. The monoisotopic (exact) mass is 345 g/mol. The molecule has 0 saturated carbocycles. The van der Waals surface area contributed by atoms with Crippen molar-refractivity contribution in [2.45, 2.75) is 6.10 Å². The summed E-state index contributed by atoms with van der Waals surface area (Å²) in [6, 6.07) is 18.0. The molecule has 0 aliphatic rings. The first kappa shape index (κ1) is 16.2. The molecule has 0 spiro atoms. The standard InChI is InChI=1S/C20H19N5O/c1-25-13-15(11-22-25)18(26)12-21-20-23-17-10-6-5-9-16(17)19(24-20)14-7-3-2-4-8-14/h2-11,13,18,26H,12H2,1H3,(H,21,23,24). The molecule has 2 heterocycles. The predicted molar refractivity (Wildman–Crippen MR) is 102 cm³/mol. The zero-order valence-corrected chi connectivity index (χ0v) is 14.4. The summed E-state index contributed by atoms with van der Waals surface area (Å²) in [5, 5.41) is 18.6. The van der Waals surface area contributed by atoms with Gasteiger partial charge in [-0.2, -0.15) is 5.10 Å². The smallest absolute Gasteiger partial charge is 0.223 e. The van der Waals surface area contributed by atoms with Crippen LogP contribution in [0.2, 0.25) is 0 Å². The van der Waals surface area contributed by atoms with Gasteiger partial charge >= 0.3 is 0 Å². The van der Waals surface area contributed by atoms with Crippen LogP contribution in [0.15, 0.2) is 67.0 Å². The van der Waals surface area contributed by atoms with E-state index in [9.17, 15) is 5.11 Å². The fraction of sp³-hybridized carbons (Fsp3) is 0.150. The summed E-state index contributed by atoms with van der Waals surface area (Å²) in [5.41, 5.74) is 3.51. The van der Waals surface area contributed by atoms with Gasteiger partial charge in [-0.15, -0.1) is 0 Å². The molecular formula is C20H19N5O. The number of hydrogen-bond acceptors (Lipinski definition) is 5. The number of benzene rings is 2. The van der Waals surface area contributed by atoms with E-state index in [0.717, 1.165) is 27.7 Å². The van der Waals surface area contributed by atoms with E-state index in [1.165, 1.54) is 0 Å². The van der Waals surface area contributed by atoms with Crippen LogP contribution in [0.4, 0.5) is 5.95 Å². The summed E-state index contributed by atoms with van der Waals surface area (Å²) in [4.78, 5) is 9.27. The lowest BCUT2D eigenvalue weighted by atomic mass is 10.1. The molecule has 0 aliphatic carbocycles. The molecule has 0 saturated heterocycles. The lowest BCUT2D eigenvalue weighted by molar-refractivity contribution is 0.191. The minimum absolute atomic E-state index is 0.304. The molecule has 1 atom stereocenters. The molecule has 2 aromatic heterocycles. The highest BCUT2D eigenvalue weighted by Gasteiger charge is 2.12. The number of nitrogens with one attached hydrogen (secondary N) is 1. The van der Waals surface area contributed by atoms with E-state index in [4.69, 9.17) is 0 Å². The molecular weight excluding hydrogens is 326 g/mol. The molecule has 130 valence electrons. The Bertz CT molecular complexity index is 1030. The first-order valence-corrected chi connectivity index (χ1v) is 8.43. The minimum atomic E-state index is -0.682. The zero-order valence-electron chi connectivity index (χ0n) is 14.4. The van der Waals surface area contributed by atoms with Gasteiger partial charge in [0.15, 0.2) is 0 Å². The summed E-state index contributed by atoms with van der Waals surface area (Å²) in [6.45, 7) is 0.304. The zero-order chi connectivity index (χ0) is 17.9. The Hall–Kier alpha value is -3.25. The molecule has 0 aliphatic heterocycles. The second kappa shape index (κ2) is 6.93. The van der Waals surface area contributed by atoms with Crippen molar-refractivity contribution < 1.29 is 5.11 Å². The Kier molecular flexibility index (Phi) is 4.33. The third kappa shape index (κ3) is 3.27. The van der Waals surface area contributed by atoms with Crippen LogP contribution in [-0.4, -0.2) is 31.4 Å². The van der Waals surface area contributed by atoms with Gasteiger partial charge in [-0.1, -0.05) is 48.5 Å². The van der Waals surface area contributed by atoms with Gasteiger partial charge in [0, 0.05) is 36.3 Å². The summed E-state index contributed by atoms with van der Waals surface area (Å²) in [5.74, 6) is 0.491. The van der Waals surface area contributed by atoms with Crippen molar-refractivity contribution >= 4 is 16.9 Å². The van der Waals surface area contributed by atoms with Crippen molar-refractivity contribution in [2.24, 2.45) is 7.05 Å². The largest absolute Gasteiger partial charge is 0.386 e. The average Bonchev–Trinajstić information content (AvgIpc) is 3.12. The molecule has 2 N–H and O–H groups in total. The van der Waals surface area contributed by atoms with Crippen LogP contribution in [0, 0.1) is 0 Å². The Morgan fingerprint density at radius 2 is 1.81 bits per heavy atom. The van der Waals surface area contributed by atoms with E-state index in [2.05, 4.69) is 20.4 Å². The summed E-state index contributed by atoms with van der Waals surface area (Å²) < 4.78 is 1.67. The molecule has 0 radical (unpaired) electrons. The van der Waals surface area contributed by atoms with Crippen molar-refractivity contribution in [3.63, 3.8) is 0 Å². The van der Waals surface area contributed by atoms with Crippen LogP contribution in [0.3, 0.4) is 0 Å².